The predicted molar refractivity (Wildman–Crippen MR) is 155 cm³/mol. The van der Waals surface area contributed by atoms with Crippen molar-refractivity contribution in [1.82, 2.24) is 0 Å². The largest absolute Gasteiger partial charge is 0.459 e. The van der Waals surface area contributed by atoms with Crippen LogP contribution in [0.1, 0.15) is 71.7 Å². The number of aliphatic hydroxyl groups is 2. The topological polar surface area (TPSA) is 163 Å². The smallest absolute Gasteiger partial charge is 0.338 e. The molecule has 1 aromatic rings. The van der Waals surface area contributed by atoms with Crippen LogP contribution in [0.4, 0.5) is 0 Å². The van der Waals surface area contributed by atoms with Crippen molar-refractivity contribution in [2.24, 2.45) is 28.1 Å². The van der Waals surface area contributed by atoms with E-state index >= 15 is 0 Å². The summed E-state index contributed by atoms with van der Waals surface area (Å²) in [7, 11) is 0. The number of rotatable bonds is 6. The Balaban J connectivity index is 2.03. The molecule has 0 aliphatic heterocycles. The fourth-order valence-corrected chi connectivity index (χ4v) is 8.43. The number of esters is 4. The maximum atomic E-state index is 14.3. The number of hydrogen-bond donors (Lipinski definition) is 2. The van der Waals surface area contributed by atoms with Gasteiger partial charge in [0.25, 0.3) is 0 Å². The monoisotopic (exact) mass is 614 g/mol. The lowest BCUT2D eigenvalue weighted by molar-refractivity contribution is -0.315. The first-order valence-electron chi connectivity index (χ1n) is 14.7. The van der Waals surface area contributed by atoms with Crippen LogP contribution in [-0.4, -0.2) is 76.0 Å². The molecule has 44 heavy (non-hydrogen) atoms. The van der Waals surface area contributed by atoms with Crippen molar-refractivity contribution in [2.45, 2.75) is 97.4 Å². The molecule has 0 aromatic heterocycles. The number of ketones is 1. The molecule has 0 spiro atoms. The van der Waals surface area contributed by atoms with Gasteiger partial charge in [-0.2, -0.15) is 0 Å². The first-order valence-corrected chi connectivity index (χ1v) is 14.7. The van der Waals surface area contributed by atoms with Gasteiger partial charge < -0.3 is 29.2 Å². The number of aliphatic hydroxyl groups excluding tert-OH is 1. The maximum Gasteiger partial charge on any atom is 0.338 e. The predicted octanol–water partition coefficient (Wildman–Crippen LogP) is 2.95. The van der Waals surface area contributed by atoms with Crippen LogP contribution in [0.2, 0.25) is 0 Å². The van der Waals surface area contributed by atoms with Crippen LogP contribution in [0.25, 0.3) is 0 Å². The van der Waals surface area contributed by atoms with Gasteiger partial charge in [-0.25, -0.2) is 4.79 Å². The van der Waals surface area contributed by atoms with E-state index in [4.69, 9.17) is 18.9 Å². The van der Waals surface area contributed by atoms with E-state index in [0.717, 1.165) is 13.8 Å². The quantitative estimate of drug-likeness (QED) is 0.275. The van der Waals surface area contributed by atoms with E-state index in [0.29, 0.717) is 0 Å². The standard InChI is InChI=1S/C33H42O11/c1-9-31(7)16-21(37)25-32(8)22(15-23(41-17(2)34)33(25,40)29(31)39)30(5,6)26(43-19(4)36)24(42-18(3)35)27(32)44-28(38)20-13-11-10-12-14-20/h9-14,21-27,37,40H,1,15-16H2,2-8H3/t21-,22+,23-,24+,25-,26-,27+,31+,32+,33+/m1/s1. The van der Waals surface area contributed by atoms with E-state index in [-0.39, 0.29) is 18.4 Å². The van der Waals surface area contributed by atoms with Gasteiger partial charge in [-0.3, -0.25) is 19.2 Å². The zero-order valence-electron chi connectivity index (χ0n) is 26.2. The summed E-state index contributed by atoms with van der Waals surface area (Å²) in [6, 6.07) is 8.05. The lowest BCUT2D eigenvalue weighted by Crippen LogP contribution is -2.80. The summed E-state index contributed by atoms with van der Waals surface area (Å²) in [5.41, 5.74) is -6.28. The molecule has 11 nitrogen and oxygen atoms in total. The van der Waals surface area contributed by atoms with E-state index < -0.39 is 93.9 Å². The highest BCUT2D eigenvalue weighted by Crippen LogP contribution is 2.67. The van der Waals surface area contributed by atoms with Crippen LogP contribution >= 0.6 is 0 Å². The van der Waals surface area contributed by atoms with Gasteiger partial charge >= 0.3 is 23.9 Å². The molecule has 0 unspecified atom stereocenters. The van der Waals surface area contributed by atoms with Crippen molar-refractivity contribution in [3.63, 3.8) is 0 Å². The first kappa shape index (κ1) is 33.3. The average Bonchev–Trinajstić information content (AvgIpc) is 2.93. The average molecular weight is 615 g/mol. The highest BCUT2D eigenvalue weighted by Gasteiger charge is 2.78. The van der Waals surface area contributed by atoms with Gasteiger partial charge in [-0.15, -0.1) is 6.58 Å². The third-order valence-electron chi connectivity index (χ3n) is 10.2. The lowest BCUT2D eigenvalue weighted by Gasteiger charge is -2.69. The molecule has 0 heterocycles. The molecule has 0 radical (unpaired) electrons. The first-order chi connectivity index (χ1) is 20.3. The highest BCUT2D eigenvalue weighted by atomic mass is 16.6. The molecule has 3 saturated carbocycles. The van der Waals surface area contributed by atoms with Gasteiger partial charge in [0.15, 0.2) is 17.5 Å². The Labute approximate surface area is 256 Å². The van der Waals surface area contributed by atoms with E-state index in [1.54, 1.807) is 39.0 Å². The zero-order valence-corrected chi connectivity index (χ0v) is 26.2. The fourth-order valence-electron chi connectivity index (χ4n) is 8.43. The molecule has 4 rings (SSSR count). The third kappa shape index (κ3) is 5.13. The number of fused-ring (bicyclic) bond motifs is 3. The summed E-state index contributed by atoms with van der Waals surface area (Å²) in [4.78, 5) is 65.3. The molecular weight excluding hydrogens is 572 g/mol. The van der Waals surface area contributed by atoms with Crippen molar-refractivity contribution in [1.29, 1.82) is 0 Å². The minimum Gasteiger partial charge on any atom is -0.459 e. The van der Waals surface area contributed by atoms with E-state index in [2.05, 4.69) is 6.58 Å². The number of hydrogen-bond acceptors (Lipinski definition) is 11. The molecule has 10 atom stereocenters. The number of Topliss-reactive ketones (excluding diaryl/α,β-unsaturated/α-hetero) is 1. The number of carbonyl (C=O) groups excluding carboxylic acids is 5. The summed E-state index contributed by atoms with van der Waals surface area (Å²) in [6.45, 7) is 14.0. The molecule has 3 aliphatic rings. The lowest BCUT2D eigenvalue weighted by atomic mass is 9.38. The molecule has 2 N–H and O–H groups in total. The molecule has 0 amide bonds. The second-order valence-corrected chi connectivity index (χ2v) is 13.4. The van der Waals surface area contributed by atoms with Gasteiger partial charge in [-0.05, 0) is 37.8 Å². The second kappa shape index (κ2) is 11.4. The third-order valence-corrected chi connectivity index (χ3v) is 10.2. The SMILES string of the molecule is C=C[C@@]1(C)C[C@@H](O)[C@H]2[C@](O)(C1=O)[C@H](OC(C)=O)C[C@H]1C(C)(C)[C@H](OC(C)=O)[C@H](OC(C)=O)[C@H](OC(=O)c3ccccc3)[C@@]12C. The van der Waals surface area contributed by atoms with Crippen molar-refractivity contribution in [3.8, 4) is 0 Å². The molecular formula is C33H42O11. The molecule has 0 bridgehead atoms. The Hall–Kier alpha value is -3.57. The molecule has 11 heteroatoms. The molecule has 3 fully saturated rings. The van der Waals surface area contributed by atoms with Crippen molar-refractivity contribution >= 4 is 29.7 Å². The Morgan fingerprint density at radius 1 is 0.886 bits per heavy atom. The normalized spacial score (nSPS) is 39.1. The fraction of sp³-hybridized carbons (Fsp3) is 0.606. The minimum atomic E-state index is -2.46. The van der Waals surface area contributed by atoms with E-state index in [1.165, 1.54) is 32.1 Å². The van der Waals surface area contributed by atoms with Crippen LogP contribution in [-0.2, 0) is 38.1 Å². The molecule has 0 saturated heterocycles. The molecule has 240 valence electrons. The number of carbonyl (C=O) groups is 5. The van der Waals surface area contributed by atoms with Gasteiger partial charge in [0, 0.05) is 42.9 Å². The molecule has 1 aromatic carbocycles. The van der Waals surface area contributed by atoms with Crippen molar-refractivity contribution in [3.05, 3.63) is 48.6 Å². The van der Waals surface area contributed by atoms with Crippen LogP contribution in [0, 0.1) is 28.1 Å². The summed E-state index contributed by atoms with van der Waals surface area (Å²) >= 11 is 0. The summed E-state index contributed by atoms with van der Waals surface area (Å²) < 4.78 is 23.4. The van der Waals surface area contributed by atoms with Crippen LogP contribution in [0.3, 0.4) is 0 Å². The summed E-state index contributed by atoms with van der Waals surface area (Å²) in [6.07, 6.45) is -5.75. The van der Waals surface area contributed by atoms with Crippen LogP contribution in [0.5, 0.6) is 0 Å². The van der Waals surface area contributed by atoms with Crippen molar-refractivity contribution in [2.75, 3.05) is 0 Å². The van der Waals surface area contributed by atoms with Crippen LogP contribution in [0.15, 0.2) is 43.0 Å². The minimum absolute atomic E-state index is 0.133. The summed E-state index contributed by atoms with van der Waals surface area (Å²) in [5.74, 6) is -5.82. The van der Waals surface area contributed by atoms with Crippen LogP contribution < -0.4 is 0 Å². The number of ether oxygens (including phenoxy) is 4. The van der Waals surface area contributed by atoms with Gasteiger partial charge in [0.2, 0.25) is 0 Å². The molecule has 3 aliphatic carbocycles. The van der Waals surface area contributed by atoms with E-state index in [9.17, 15) is 34.2 Å². The Kier molecular flexibility index (Phi) is 8.64. The Morgan fingerprint density at radius 3 is 1.98 bits per heavy atom. The van der Waals surface area contributed by atoms with Gasteiger partial charge in [0.1, 0.15) is 18.3 Å². The maximum absolute atomic E-state index is 14.3. The number of allylic oxidation sites excluding steroid dienone is 1. The summed E-state index contributed by atoms with van der Waals surface area (Å²) in [5, 5.41) is 24.5. The van der Waals surface area contributed by atoms with Gasteiger partial charge in [0.05, 0.1) is 11.7 Å². The van der Waals surface area contributed by atoms with Gasteiger partial charge in [-0.1, -0.05) is 45.0 Å². The highest BCUT2D eigenvalue weighted by molar-refractivity contribution is 5.96. The Morgan fingerprint density at radius 2 is 1.45 bits per heavy atom. The Bertz CT molecular complexity index is 1350. The number of benzene rings is 1. The van der Waals surface area contributed by atoms with E-state index in [1.807, 2.05) is 0 Å². The zero-order chi connectivity index (χ0) is 33.0. The van der Waals surface area contributed by atoms with Crippen molar-refractivity contribution < 1.29 is 53.1 Å². The second-order valence-electron chi connectivity index (χ2n) is 13.4.